The largest absolute Gasteiger partial charge is 0.382 e. The summed E-state index contributed by atoms with van der Waals surface area (Å²) in [7, 11) is 0. The van der Waals surface area contributed by atoms with Gasteiger partial charge in [-0.25, -0.2) is 13.9 Å². The highest BCUT2D eigenvalue weighted by atomic mass is 19.1. The minimum absolute atomic E-state index is 0.215. The van der Waals surface area contributed by atoms with E-state index in [0.29, 0.717) is 5.82 Å². The van der Waals surface area contributed by atoms with Gasteiger partial charge in [0.1, 0.15) is 18.5 Å². The Morgan fingerprint density at radius 3 is 2.79 bits per heavy atom. The first kappa shape index (κ1) is 19.9. The van der Waals surface area contributed by atoms with Crippen molar-refractivity contribution in [3.8, 4) is 22.5 Å². The van der Waals surface area contributed by atoms with Gasteiger partial charge in [0.2, 0.25) is 0 Å². The summed E-state index contributed by atoms with van der Waals surface area (Å²) in [6.07, 6.45) is 6.85. The molecule has 33 heavy (non-hydrogen) atoms. The number of anilines is 1. The molecule has 1 aliphatic rings. The molecule has 0 radical (unpaired) electrons. The van der Waals surface area contributed by atoms with E-state index in [4.69, 9.17) is 10.5 Å². The maximum absolute atomic E-state index is 13.0. The zero-order valence-corrected chi connectivity index (χ0v) is 17.9. The van der Waals surface area contributed by atoms with Gasteiger partial charge in [-0.15, -0.1) is 0 Å². The summed E-state index contributed by atoms with van der Waals surface area (Å²) >= 11 is 0. The van der Waals surface area contributed by atoms with Gasteiger partial charge in [-0.3, -0.25) is 9.36 Å². The predicted octanol–water partition coefficient (Wildman–Crippen LogP) is 3.51. The molecule has 4 aromatic heterocycles. The number of halogens is 1. The molecule has 0 spiro atoms. The number of nitrogens with zero attached hydrogens (tertiary/aromatic N) is 7. The van der Waals surface area contributed by atoms with Crippen LogP contribution in [0, 0.1) is 0 Å². The molecule has 5 aromatic rings. The topological polar surface area (TPSA) is 101 Å². The molecule has 0 saturated carbocycles. The number of hydrogen-bond acceptors (Lipinski definition) is 6. The van der Waals surface area contributed by atoms with Crippen molar-refractivity contribution >= 4 is 22.2 Å². The third kappa shape index (κ3) is 3.25. The molecule has 0 unspecified atom stereocenters. The maximum atomic E-state index is 13.0. The SMILES string of the molecule is Nc1ncnn2c(-c3ccc4cnn(CCF)c4c3)cc(-c3ccnn3C3CCOCC3)c12. The number of fused-ring (bicyclic) bond motifs is 2. The smallest absolute Gasteiger partial charge is 0.152 e. The number of benzene rings is 1. The average molecular weight is 446 g/mol. The van der Waals surface area contributed by atoms with Crippen LogP contribution in [0.15, 0.2) is 49.1 Å². The second kappa shape index (κ2) is 7.96. The first-order chi connectivity index (χ1) is 16.2. The zero-order chi connectivity index (χ0) is 22.4. The van der Waals surface area contributed by atoms with Crippen molar-refractivity contribution in [3.63, 3.8) is 0 Å². The van der Waals surface area contributed by atoms with Crippen LogP contribution in [0.25, 0.3) is 38.9 Å². The van der Waals surface area contributed by atoms with E-state index in [1.54, 1.807) is 10.9 Å². The average Bonchev–Trinajstić information content (AvgIpc) is 3.57. The van der Waals surface area contributed by atoms with Gasteiger partial charge in [0.05, 0.1) is 35.7 Å². The molecule has 5 heterocycles. The number of aromatic nitrogens is 7. The van der Waals surface area contributed by atoms with Crippen LogP contribution in [0.1, 0.15) is 18.9 Å². The molecule has 168 valence electrons. The van der Waals surface area contributed by atoms with Crippen LogP contribution in [0.3, 0.4) is 0 Å². The van der Waals surface area contributed by atoms with Crippen LogP contribution in [-0.2, 0) is 11.3 Å². The number of ether oxygens (including phenoxy) is 1. The fourth-order valence-electron chi connectivity index (χ4n) is 4.71. The van der Waals surface area contributed by atoms with E-state index in [1.165, 1.54) is 6.33 Å². The molecular formula is C23H23FN8O. The maximum Gasteiger partial charge on any atom is 0.152 e. The first-order valence-electron chi connectivity index (χ1n) is 11.0. The van der Waals surface area contributed by atoms with Crippen LogP contribution in [0.5, 0.6) is 0 Å². The lowest BCUT2D eigenvalue weighted by Gasteiger charge is -2.24. The Morgan fingerprint density at radius 2 is 1.94 bits per heavy atom. The van der Waals surface area contributed by atoms with E-state index in [1.807, 2.05) is 35.0 Å². The molecule has 6 rings (SSSR count). The van der Waals surface area contributed by atoms with Gasteiger partial charge < -0.3 is 10.5 Å². The predicted molar refractivity (Wildman–Crippen MR) is 122 cm³/mol. The summed E-state index contributed by atoms with van der Waals surface area (Å²) in [5, 5.41) is 14.4. The number of alkyl halides is 1. The summed E-state index contributed by atoms with van der Waals surface area (Å²) < 4.78 is 24.1. The van der Waals surface area contributed by atoms with Gasteiger partial charge in [0.25, 0.3) is 0 Å². The Hall–Kier alpha value is -3.79. The molecule has 10 heteroatoms. The van der Waals surface area contributed by atoms with Crippen molar-refractivity contribution < 1.29 is 9.13 Å². The Bertz CT molecular complexity index is 1450. The quantitative estimate of drug-likeness (QED) is 0.443. The van der Waals surface area contributed by atoms with Crippen LogP contribution in [-0.4, -0.2) is 54.0 Å². The molecule has 0 bridgehead atoms. The van der Waals surface area contributed by atoms with Crippen molar-refractivity contribution in [2.24, 2.45) is 0 Å². The van der Waals surface area contributed by atoms with Crippen LogP contribution < -0.4 is 5.73 Å². The van der Waals surface area contributed by atoms with E-state index in [9.17, 15) is 4.39 Å². The highest BCUT2D eigenvalue weighted by Crippen LogP contribution is 2.37. The molecule has 0 amide bonds. The molecule has 1 aromatic carbocycles. The Balaban J connectivity index is 1.54. The Labute approximate surface area is 188 Å². The second-order valence-corrected chi connectivity index (χ2v) is 8.18. The van der Waals surface area contributed by atoms with Crippen LogP contribution in [0.2, 0.25) is 0 Å². The lowest BCUT2D eigenvalue weighted by atomic mass is 10.1. The fourth-order valence-corrected chi connectivity index (χ4v) is 4.71. The lowest BCUT2D eigenvalue weighted by molar-refractivity contribution is 0.0667. The van der Waals surface area contributed by atoms with E-state index in [0.717, 1.165) is 65.0 Å². The van der Waals surface area contributed by atoms with E-state index in [-0.39, 0.29) is 12.6 Å². The summed E-state index contributed by atoms with van der Waals surface area (Å²) in [6, 6.07) is 10.4. The first-order valence-corrected chi connectivity index (χ1v) is 11.0. The summed E-state index contributed by atoms with van der Waals surface area (Å²) in [6.45, 7) is 1.19. The third-order valence-corrected chi connectivity index (χ3v) is 6.30. The Kier molecular flexibility index (Phi) is 4.79. The summed E-state index contributed by atoms with van der Waals surface area (Å²) in [4.78, 5) is 4.25. The molecular weight excluding hydrogens is 423 g/mol. The highest BCUT2D eigenvalue weighted by Gasteiger charge is 2.23. The summed E-state index contributed by atoms with van der Waals surface area (Å²) in [5.41, 5.74) is 11.6. The zero-order valence-electron chi connectivity index (χ0n) is 17.9. The molecule has 1 aliphatic heterocycles. The molecule has 1 fully saturated rings. The van der Waals surface area contributed by atoms with Gasteiger partial charge in [-0.05, 0) is 31.0 Å². The van der Waals surface area contributed by atoms with Gasteiger partial charge in [-0.1, -0.05) is 12.1 Å². The van der Waals surface area contributed by atoms with Gasteiger partial charge in [0, 0.05) is 35.9 Å². The number of nitrogen functional groups attached to an aromatic ring is 1. The molecule has 0 aliphatic carbocycles. The van der Waals surface area contributed by atoms with Gasteiger partial charge >= 0.3 is 0 Å². The van der Waals surface area contributed by atoms with Crippen molar-refractivity contribution in [3.05, 3.63) is 49.1 Å². The molecule has 9 nitrogen and oxygen atoms in total. The third-order valence-electron chi connectivity index (χ3n) is 6.30. The van der Waals surface area contributed by atoms with Crippen LogP contribution >= 0.6 is 0 Å². The van der Waals surface area contributed by atoms with Gasteiger partial charge in [0.15, 0.2) is 5.82 Å². The standard InChI is InChI=1S/C23H23FN8O/c24-6-8-30-20-11-15(1-2-16(20)13-28-30)21-12-18(22-23(25)26-14-29-32(21)22)19-3-7-27-31(19)17-4-9-33-10-5-17/h1-3,7,11-14,17H,4-6,8-10H2,(H2,25,26,29). The number of hydrogen-bond donors (Lipinski definition) is 1. The minimum Gasteiger partial charge on any atom is -0.382 e. The van der Waals surface area contributed by atoms with E-state index >= 15 is 0 Å². The Morgan fingerprint density at radius 1 is 1.06 bits per heavy atom. The van der Waals surface area contributed by atoms with E-state index in [2.05, 4.69) is 31.0 Å². The van der Waals surface area contributed by atoms with Gasteiger partial charge in [-0.2, -0.15) is 15.3 Å². The highest BCUT2D eigenvalue weighted by molar-refractivity contribution is 5.92. The normalized spacial score (nSPS) is 15.1. The minimum atomic E-state index is -0.473. The fraction of sp³-hybridized carbons (Fsp3) is 0.304. The lowest BCUT2D eigenvalue weighted by Crippen LogP contribution is -2.21. The van der Waals surface area contributed by atoms with Crippen molar-refractivity contribution in [1.29, 1.82) is 0 Å². The molecule has 1 saturated heterocycles. The summed E-state index contributed by atoms with van der Waals surface area (Å²) in [5.74, 6) is 0.398. The monoisotopic (exact) mass is 446 g/mol. The van der Waals surface area contributed by atoms with Crippen molar-refractivity contribution in [1.82, 2.24) is 34.2 Å². The second-order valence-electron chi connectivity index (χ2n) is 8.18. The number of nitrogens with two attached hydrogens (primary N) is 1. The number of rotatable bonds is 5. The van der Waals surface area contributed by atoms with Crippen molar-refractivity contribution in [2.75, 3.05) is 25.6 Å². The van der Waals surface area contributed by atoms with Crippen molar-refractivity contribution in [2.45, 2.75) is 25.4 Å². The van der Waals surface area contributed by atoms with E-state index < -0.39 is 6.67 Å². The van der Waals surface area contributed by atoms with Crippen LogP contribution in [0.4, 0.5) is 10.2 Å². The molecule has 0 atom stereocenters. The number of aryl methyl sites for hydroxylation is 1. The molecule has 2 N–H and O–H groups in total.